The highest BCUT2D eigenvalue weighted by atomic mass is 32.2. The second kappa shape index (κ2) is 9.80. The molecule has 3 aromatic rings. The van der Waals surface area contributed by atoms with Crippen LogP contribution in [0.2, 0.25) is 0 Å². The van der Waals surface area contributed by atoms with Gasteiger partial charge in [-0.1, -0.05) is 12.1 Å². The van der Waals surface area contributed by atoms with E-state index in [-0.39, 0.29) is 29.4 Å². The molecule has 1 aliphatic rings. The highest BCUT2D eigenvalue weighted by molar-refractivity contribution is 8.00. The van der Waals surface area contributed by atoms with Gasteiger partial charge in [-0.2, -0.15) is 0 Å². The Hall–Kier alpha value is -4.11. The summed E-state index contributed by atoms with van der Waals surface area (Å²) in [5.41, 5.74) is 0.946. The molecule has 1 aliphatic heterocycles. The van der Waals surface area contributed by atoms with E-state index in [1.54, 1.807) is 67.8 Å². The van der Waals surface area contributed by atoms with E-state index in [1.165, 1.54) is 28.8 Å². The number of carbonyl (C=O) groups is 4. The number of carboxylic acid groups (broad SMARTS) is 1. The SMILES string of the molecule is COc1ccc(N2C(=O)C[C@H](Sc3ccc(NC(=O)c4ccccc4C(=O)O)cc3)C2=O)cc1. The van der Waals surface area contributed by atoms with E-state index in [2.05, 4.69) is 5.32 Å². The van der Waals surface area contributed by atoms with Gasteiger partial charge in [0.15, 0.2) is 0 Å². The number of amides is 3. The quantitative estimate of drug-likeness (QED) is 0.494. The summed E-state index contributed by atoms with van der Waals surface area (Å²) in [5, 5.41) is 11.4. The molecule has 34 heavy (non-hydrogen) atoms. The van der Waals surface area contributed by atoms with Crippen molar-refractivity contribution in [2.24, 2.45) is 0 Å². The number of rotatable bonds is 7. The Labute approximate surface area is 199 Å². The molecule has 0 aromatic heterocycles. The van der Waals surface area contributed by atoms with Crippen molar-refractivity contribution in [1.82, 2.24) is 0 Å². The Morgan fingerprint density at radius 1 is 0.971 bits per heavy atom. The molecular weight excluding hydrogens is 456 g/mol. The normalized spacial score (nSPS) is 15.3. The Kier molecular flexibility index (Phi) is 6.65. The predicted molar refractivity (Wildman–Crippen MR) is 128 cm³/mol. The van der Waals surface area contributed by atoms with Crippen molar-refractivity contribution in [2.75, 3.05) is 17.3 Å². The Morgan fingerprint density at radius 3 is 2.24 bits per heavy atom. The molecule has 0 saturated carbocycles. The maximum Gasteiger partial charge on any atom is 0.336 e. The first-order valence-corrected chi connectivity index (χ1v) is 11.2. The van der Waals surface area contributed by atoms with E-state index >= 15 is 0 Å². The van der Waals surface area contributed by atoms with Crippen molar-refractivity contribution in [3.63, 3.8) is 0 Å². The number of imide groups is 1. The standard InChI is InChI=1S/C25H20N2O6S/c1-33-17-10-8-16(9-11-17)27-22(28)14-21(24(27)30)34-18-12-6-15(7-13-18)26-23(29)19-4-2-3-5-20(19)25(31)32/h2-13,21H,14H2,1H3,(H,26,29)(H,31,32)/t21-/m0/s1. The highest BCUT2D eigenvalue weighted by Gasteiger charge is 2.40. The van der Waals surface area contributed by atoms with Gasteiger partial charge in [0.1, 0.15) is 5.75 Å². The average Bonchev–Trinajstić information content (AvgIpc) is 3.12. The zero-order valence-electron chi connectivity index (χ0n) is 18.1. The third-order valence-corrected chi connectivity index (χ3v) is 6.43. The molecule has 1 saturated heterocycles. The summed E-state index contributed by atoms with van der Waals surface area (Å²) in [6.45, 7) is 0. The molecule has 9 heteroatoms. The van der Waals surface area contributed by atoms with Crippen LogP contribution in [0.25, 0.3) is 0 Å². The molecular formula is C25H20N2O6S. The van der Waals surface area contributed by atoms with Crippen molar-refractivity contribution in [3.05, 3.63) is 83.9 Å². The number of ether oxygens (including phenoxy) is 1. The molecule has 172 valence electrons. The van der Waals surface area contributed by atoms with Crippen LogP contribution in [-0.4, -0.2) is 41.2 Å². The summed E-state index contributed by atoms with van der Waals surface area (Å²) >= 11 is 1.27. The van der Waals surface area contributed by atoms with E-state index in [0.717, 1.165) is 4.90 Å². The Balaban J connectivity index is 1.42. The molecule has 0 radical (unpaired) electrons. The Morgan fingerprint density at radius 2 is 1.62 bits per heavy atom. The minimum absolute atomic E-state index is 0.0575. The van der Waals surface area contributed by atoms with Crippen LogP contribution in [-0.2, 0) is 9.59 Å². The zero-order valence-corrected chi connectivity index (χ0v) is 18.9. The molecule has 8 nitrogen and oxygen atoms in total. The monoisotopic (exact) mass is 476 g/mol. The van der Waals surface area contributed by atoms with Crippen molar-refractivity contribution >= 4 is 46.8 Å². The van der Waals surface area contributed by atoms with Gasteiger partial charge in [0, 0.05) is 17.0 Å². The van der Waals surface area contributed by atoms with E-state index in [0.29, 0.717) is 17.1 Å². The molecule has 0 spiro atoms. The summed E-state index contributed by atoms with van der Waals surface area (Å²) in [6, 6.07) is 19.5. The minimum Gasteiger partial charge on any atom is -0.497 e. The van der Waals surface area contributed by atoms with Gasteiger partial charge in [-0.15, -0.1) is 11.8 Å². The first-order chi connectivity index (χ1) is 16.4. The summed E-state index contributed by atoms with van der Waals surface area (Å²) in [6.07, 6.45) is 0.0833. The lowest BCUT2D eigenvalue weighted by Crippen LogP contribution is -2.31. The second-order valence-electron chi connectivity index (χ2n) is 7.41. The van der Waals surface area contributed by atoms with Crippen LogP contribution < -0.4 is 15.0 Å². The number of hydrogen-bond acceptors (Lipinski definition) is 6. The van der Waals surface area contributed by atoms with Crippen LogP contribution in [0.5, 0.6) is 5.75 Å². The van der Waals surface area contributed by atoms with Crippen molar-refractivity contribution in [2.45, 2.75) is 16.6 Å². The summed E-state index contributed by atoms with van der Waals surface area (Å²) in [5.74, 6) is -1.65. The van der Waals surface area contributed by atoms with Crippen LogP contribution in [0.3, 0.4) is 0 Å². The number of aromatic carboxylic acids is 1. The molecule has 1 heterocycles. The fourth-order valence-electron chi connectivity index (χ4n) is 3.55. The van der Waals surface area contributed by atoms with Gasteiger partial charge in [-0.3, -0.25) is 14.4 Å². The maximum absolute atomic E-state index is 12.9. The summed E-state index contributed by atoms with van der Waals surface area (Å²) < 4.78 is 5.12. The van der Waals surface area contributed by atoms with E-state index in [4.69, 9.17) is 4.74 Å². The molecule has 1 fully saturated rings. The van der Waals surface area contributed by atoms with E-state index in [9.17, 15) is 24.3 Å². The molecule has 0 bridgehead atoms. The molecule has 0 aliphatic carbocycles. The number of carboxylic acids is 1. The van der Waals surface area contributed by atoms with Crippen molar-refractivity contribution in [1.29, 1.82) is 0 Å². The first kappa shape index (κ1) is 23.1. The van der Waals surface area contributed by atoms with Crippen molar-refractivity contribution < 1.29 is 29.0 Å². The van der Waals surface area contributed by atoms with Gasteiger partial charge < -0.3 is 15.2 Å². The van der Waals surface area contributed by atoms with E-state index < -0.39 is 17.1 Å². The molecule has 3 amide bonds. The van der Waals surface area contributed by atoms with E-state index in [1.807, 2.05) is 0 Å². The van der Waals surface area contributed by atoms with Crippen LogP contribution in [0, 0.1) is 0 Å². The van der Waals surface area contributed by atoms with Gasteiger partial charge in [0.2, 0.25) is 11.8 Å². The van der Waals surface area contributed by atoms with Gasteiger partial charge >= 0.3 is 5.97 Å². The number of methoxy groups -OCH3 is 1. The Bertz CT molecular complexity index is 1260. The number of hydrogen-bond donors (Lipinski definition) is 2. The van der Waals surface area contributed by atoms with Gasteiger partial charge in [0.05, 0.1) is 29.2 Å². The second-order valence-corrected chi connectivity index (χ2v) is 8.68. The van der Waals surface area contributed by atoms with Crippen LogP contribution in [0.4, 0.5) is 11.4 Å². The first-order valence-electron chi connectivity index (χ1n) is 10.3. The molecule has 0 unspecified atom stereocenters. The third-order valence-electron chi connectivity index (χ3n) is 5.23. The number of nitrogens with one attached hydrogen (secondary N) is 1. The van der Waals surface area contributed by atoms with Gasteiger partial charge in [-0.25, -0.2) is 9.69 Å². The number of thioether (sulfide) groups is 1. The lowest BCUT2D eigenvalue weighted by molar-refractivity contribution is -0.121. The maximum atomic E-state index is 12.9. The summed E-state index contributed by atoms with van der Waals surface area (Å²) in [4.78, 5) is 51.2. The fraction of sp³-hybridized carbons (Fsp3) is 0.120. The predicted octanol–water partition coefficient (Wildman–Crippen LogP) is 4.07. The zero-order chi connectivity index (χ0) is 24.2. The van der Waals surface area contributed by atoms with Gasteiger partial charge in [-0.05, 0) is 60.7 Å². The number of benzene rings is 3. The molecule has 1 atom stereocenters. The highest BCUT2D eigenvalue weighted by Crippen LogP contribution is 2.35. The topological polar surface area (TPSA) is 113 Å². The molecule has 4 rings (SSSR count). The number of carbonyl (C=O) groups excluding carboxylic acids is 3. The van der Waals surface area contributed by atoms with Gasteiger partial charge in [0.25, 0.3) is 5.91 Å². The largest absolute Gasteiger partial charge is 0.497 e. The molecule has 3 aromatic carbocycles. The fourth-order valence-corrected chi connectivity index (χ4v) is 4.60. The molecule has 2 N–H and O–H groups in total. The van der Waals surface area contributed by atoms with Crippen molar-refractivity contribution in [3.8, 4) is 5.75 Å². The van der Waals surface area contributed by atoms with Crippen LogP contribution in [0.15, 0.2) is 77.7 Å². The van der Waals surface area contributed by atoms with Crippen LogP contribution >= 0.6 is 11.8 Å². The minimum atomic E-state index is -1.18. The third kappa shape index (κ3) is 4.79. The number of anilines is 2. The smallest absolute Gasteiger partial charge is 0.336 e. The summed E-state index contributed by atoms with van der Waals surface area (Å²) in [7, 11) is 1.54. The lowest BCUT2D eigenvalue weighted by atomic mass is 10.1. The number of nitrogens with zero attached hydrogens (tertiary/aromatic N) is 1. The lowest BCUT2D eigenvalue weighted by Gasteiger charge is -2.15. The van der Waals surface area contributed by atoms with Crippen LogP contribution in [0.1, 0.15) is 27.1 Å². The average molecular weight is 477 g/mol.